The lowest BCUT2D eigenvalue weighted by Crippen LogP contribution is -2.09. The van der Waals surface area contributed by atoms with Crippen molar-refractivity contribution in [2.24, 2.45) is 0 Å². The van der Waals surface area contributed by atoms with E-state index in [0.29, 0.717) is 21.5 Å². The average molecular weight is 390 g/mol. The SMILES string of the molecule is [11CH3]Nc1ccc(Cc2cccc(-c3c(O)c4ccc(Cl)cc4[nH]c3=O)c2)cc1. The summed E-state index contributed by atoms with van der Waals surface area (Å²) in [6.45, 7) is 0. The van der Waals surface area contributed by atoms with Crippen LogP contribution < -0.4 is 10.9 Å². The first-order valence-electron chi connectivity index (χ1n) is 8.95. The summed E-state index contributed by atoms with van der Waals surface area (Å²) in [4.78, 5) is 15.5. The van der Waals surface area contributed by atoms with Gasteiger partial charge in [0.05, 0.1) is 11.1 Å². The maximum atomic E-state index is 12.6. The van der Waals surface area contributed by atoms with Crippen molar-refractivity contribution < 1.29 is 5.11 Å². The van der Waals surface area contributed by atoms with Crippen molar-refractivity contribution in [3.05, 3.63) is 93.2 Å². The maximum absolute atomic E-state index is 12.6. The van der Waals surface area contributed by atoms with E-state index in [0.717, 1.165) is 17.7 Å². The molecule has 4 rings (SSSR count). The van der Waals surface area contributed by atoms with Crippen LogP contribution in [0.25, 0.3) is 22.0 Å². The fraction of sp³-hybridized carbons (Fsp3) is 0.0870. The molecule has 0 bridgehead atoms. The molecule has 0 aliphatic rings. The molecular formula is C23H19ClN2O2. The first kappa shape index (κ1) is 18.1. The Morgan fingerprint density at radius 3 is 2.54 bits per heavy atom. The number of halogens is 1. The van der Waals surface area contributed by atoms with Gasteiger partial charge in [0, 0.05) is 23.1 Å². The van der Waals surface area contributed by atoms with E-state index in [9.17, 15) is 9.90 Å². The minimum Gasteiger partial charge on any atom is -0.506 e. The van der Waals surface area contributed by atoms with E-state index in [1.807, 2.05) is 43.4 Å². The van der Waals surface area contributed by atoms with Crippen LogP contribution in [0.1, 0.15) is 11.1 Å². The Labute approximate surface area is 167 Å². The number of hydrogen-bond acceptors (Lipinski definition) is 3. The molecule has 1 heterocycles. The van der Waals surface area contributed by atoms with Crippen molar-refractivity contribution in [3.63, 3.8) is 0 Å². The summed E-state index contributed by atoms with van der Waals surface area (Å²) in [7, 11) is 1.89. The number of pyridine rings is 1. The number of hydrogen-bond donors (Lipinski definition) is 3. The molecule has 3 N–H and O–H groups in total. The topological polar surface area (TPSA) is 65.1 Å². The van der Waals surface area contributed by atoms with E-state index in [1.165, 1.54) is 5.56 Å². The highest BCUT2D eigenvalue weighted by molar-refractivity contribution is 6.31. The van der Waals surface area contributed by atoms with Crippen LogP contribution in [0.15, 0.2) is 71.5 Å². The summed E-state index contributed by atoms with van der Waals surface area (Å²) in [5.74, 6) is -0.0362. The van der Waals surface area contributed by atoms with Crippen LogP contribution in [-0.4, -0.2) is 17.1 Å². The number of rotatable bonds is 4. The quantitative estimate of drug-likeness (QED) is 0.450. The molecule has 0 radical (unpaired) electrons. The van der Waals surface area contributed by atoms with Gasteiger partial charge >= 0.3 is 0 Å². The highest BCUT2D eigenvalue weighted by atomic mass is 35.5. The summed E-state index contributed by atoms with van der Waals surface area (Å²) in [6, 6.07) is 20.9. The molecule has 140 valence electrons. The Morgan fingerprint density at radius 1 is 1.00 bits per heavy atom. The lowest BCUT2D eigenvalue weighted by Gasteiger charge is -2.10. The van der Waals surface area contributed by atoms with E-state index in [4.69, 9.17) is 11.6 Å². The summed E-state index contributed by atoms with van der Waals surface area (Å²) in [5, 5.41) is 14.9. The van der Waals surface area contributed by atoms with Gasteiger partial charge < -0.3 is 15.4 Å². The van der Waals surface area contributed by atoms with Gasteiger partial charge in [-0.1, -0.05) is 48.0 Å². The van der Waals surface area contributed by atoms with Gasteiger partial charge in [-0.2, -0.15) is 0 Å². The van der Waals surface area contributed by atoms with Crippen molar-refractivity contribution in [1.29, 1.82) is 0 Å². The van der Waals surface area contributed by atoms with Crippen molar-refractivity contribution in [2.75, 3.05) is 12.4 Å². The predicted octanol–water partition coefficient (Wildman–Crippen LogP) is 5.19. The molecule has 0 amide bonds. The second-order valence-electron chi connectivity index (χ2n) is 6.69. The lowest BCUT2D eigenvalue weighted by atomic mass is 9.98. The Morgan fingerprint density at radius 2 is 1.79 bits per heavy atom. The Hall–Kier alpha value is -3.24. The van der Waals surface area contributed by atoms with Gasteiger partial charge in [0.1, 0.15) is 5.75 Å². The third-order valence-corrected chi connectivity index (χ3v) is 5.05. The molecule has 0 fully saturated rings. The second-order valence-corrected chi connectivity index (χ2v) is 7.13. The van der Waals surface area contributed by atoms with Gasteiger partial charge in [-0.15, -0.1) is 0 Å². The number of aromatic amines is 1. The number of nitrogens with one attached hydrogen (secondary N) is 2. The minimum absolute atomic E-state index is 0.0362. The van der Waals surface area contributed by atoms with Crippen LogP contribution in [0.2, 0.25) is 5.02 Å². The van der Waals surface area contributed by atoms with Crippen LogP contribution in [0.4, 0.5) is 5.69 Å². The van der Waals surface area contributed by atoms with E-state index >= 15 is 0 Å². The molecule has 0 saturated carbocycles. The number of aromatic nitrogens is 1. The zero-order chi connectivity index (χ0) is 19.7. The first-order valence-corrected chi connectivity index (χ1v) is 9.33. The van der Waals surface area contributed by atoms with Crippen LogP contribution in [0.5, 0.6) is 5.75 Å². The Balaban J connectivity index is 1.74. The predicted molar refractivity (Wildman–Crippen MR) is 115 cm³/mol. The molecule has 3 aromatic carbocycles. The van der Waals surface area contributed by atoms with Gasteiger partial charge in [0.2, 0.25) is 0 Å². The average Bonchev–Trinajstić information content (AvgIpc) is 2.68. The number of anilines is 1. The molecule has 0 aliphatic heterocycles. The third kappa shape index (κ3) is 3.47. The largest absolute Gasteiger partial charge is 0.506 e. The number of fused-ring (bicyclic) bond motifs is 1. The summed E-state index contributed by atoms with van der Waals surface area (Å²) in [5.41, 5.74) is 4.40. The summed E-state index contributed by atoms with van der Waals surface area (Å²) in [6.07, 6.45) is 0.736. The van der Waals surface area contributed by atoms with E-state index in [2.05, 4.69) is 22.4 Å². The molecule has 0 spiro atoms. The molecule has 28 heavy (non-hydrogen) atoms. The van der Waals surface area contributed by atoms with Gasteiger partial charge in [-0.3, -0.25) is 4.79 Å². The summed E-state index contributed by atoms with van der Waals surface area (Å²) < 4.78 is 0. The summed E-state index contributed by atoms with van der Waals surface area (Å²) >= 11 is 5.99. The molecule has 4 nitrogen and oxygen atoms in total. The first-order chi connectivity index (χ1) is 13.5. The zero-order valence-electron chi connectivity index (χ0n) is 15.3. The molecule has 4 aromatic rings. The standard InChI is InChI=1S/C23H19ClN2O2/c1-25-18-8-5-14(6-9-18)11-15-3-2-4-16(12-15)21-22(27)19-10-7-17(24)13-20(19)26-23(21)28/h2-10,12-13,25H,11H2,1H3,(H2,26,27,28)/i1-1. The van der Waals surface area contributed by atoms with Crippen molar-refractivity contribution >= 4 is 28.2 Å². The van der Waals surface area contributed by atoms with Crippen LogP contribution in [-0.2, 0) is 6.42 Å². The van der Waals surface area contributed by atoms with Crippen LogP contribution in [0, 0.1) is 0 Å². The van der Waals surface area contributed by atoms with E-state index in [1.54, 1.807) is 18.2 Å². The molecule has 0 saturated heterocycles. The van der Waals surface area contributed by atoms with Gasteiger partial charge in [-0.05, 0) is 53.4 Å². The van der Waals surface area contributed by atoms with Crippen molar-refractivity contribution in [1.82, 2.24) is 4.98 Å². The maximum Gasteiger partial charge on any atom is 0.260 e. The van der Waals surface area contributed by atoms with Crippen molar-refractivity contribution in [2.45, 2.75) is 6.42 Å². The molecule has 0 atom stereocenters. The van der Waals surface area contributed by atoms with E-state index < -0.39 is 0 Å². The van der Waals surface area contributed by atoms with Crippen molar-refractivity contribution in [3.8, 4) is 16.9 Å². The Bertz CT molecular complexity index is 1210. The van der Waals surface area contributed by atoms with Crippen LogP contribution in [0.3, 0.4) is 0 Å². The molecule has 5 heteroatoms. The highest BCUT2D eigenvalue weighted by Gasteiger charge is 2.14. The molecule has 1 aromatic heterocycles. The van der Waals surface area contributed by atoms with Crippen LogP contribution >= 0.6 is 11.6 Å². The minimum atomic E-state index is -0.345. The monoisotopic (exact) mass is 389 g/mol. The number of benzene rings is 3. The number of H-pyrrole nitrogens is 1. The zero-order valence-corrected chi connectivity index (χ0v) is 16.0. The molecule has 0 aliphatic carbocycles. The fourth-order valence-electron chi connectivity index (χ4n) is 3.38. The lowest BCUT2D eigenvalue weighted by molar-refractivity contribution is 0.482. The fourth-order valence-corrected chi connectivity index (χ4v) is 3.56. The second kappa shape index (κ2) is 7.41. The van der Waals surface area contributed by atoms with Gasteiger partial charge in [-0.25, -0.2) is 0 Å². The number of aromatic hydroxyl groups is 1. The highest BCUT2D eigenvalue weighted by Crippen LogP contribution is 2.33. The molecule has 0 unspecified atom stereocenters. The van der Waals surface area contributed by atoms with Gasteiger partial charge in [0.15, 0.2) is 0 Å². The third-order valence-electron chi connectivity index (χ3n) is 4.82. The van der Waals surface area contributed by atoms with E-state index in [-0.39, 0.29) is 16.9 Å². The smallest absolute Gasteiger partial charge is 0.260 e. The molecular weight excluding hydrogens is 371 g/mol. The Kier molecular flexibility index (Phi) is 4.80. The van der Waals surface area contributed by atoms with Gasteiger partial charge in [0.25, 0.3) is 5.56 Å². The normalized spacial score (nSPS) is 10.9.